The van der Waals surface area contributed by atoms with Crippen LogP contribution in [0.5, 0.6) is 0 Å². The lowest BCUT2D eigenvalue weighted by molar-refractivity contribution is -0.0359. The van der Waals surface area contributed by atoms with Crippen LogP contribution in [0.25, 0.3) is 0 Å². The van der Waals surface area contributed by atoms with Gasteiger partial charge in [0.1, 0.15) is 0 Å². The Morgan fingerprint density at radius 1 is 1.42 bits per heavy atom. The number of hydrogen-bond acceptors (Lipinski definition) is 5. The van der Waals surface area contributed by atoms with Crippen LogP contribution < -0.4 is 5.32 Å². The number of ether oxygens (including phenoxy) is 1. The third-order valence-electron chi connectivity index (χ3n) is 4.07. The van der Waals surface area contributed by atoms with Gasteiger partial charge < -0.3 is 10.1 Å². The van der Waals surface area contributed by atoms with Crippen molar-refractivity contribution in [1.82, 2.24) is 25.5 Å². The summed E-state index contributed by atoms with van der Waals surface area (Å²) in [7, 11) is 3.63. The monoisotopic (exact) mass is 267 g/mol. The smallest absolute Gasteiger partial charge is 0.176 e. The van der Waals surface area contributed by atoms with Gasteiger partial charge in [-0.15, -0.1) is 10.2 Å². The van der Waals surface area contributed by atoms with E-state index >= 15 is 0 Å². The van der Waals surface area contributed by atoms with Crippen molar-refractivity contribution in [3.8, 4) is 0 Å². The third-order valence-corrected chi connectivity index (χ3v) is 4.07. The molecule has 19 heavy (non-hydrogen) atoms. The maximum absolute atomic E-state index is 5.89. The van der Waals surface area contributed by atoms with Crippen molar-refractivity contribution in [2.75, 3.05) is 13.7 Å². The Bertz CT molecular complexity index is 386. The van der Waals surface area contributed by atoms with E-state index in [0.717, 1.165) is 38.1 Å². The molecule has 1 aromatic heterocycles. The molecule has 1 aliphatic carbocycles. The highest BCUT2D eigenvalue weighted by Gasteiger charge is 2.41. The van der Waals surface area contributed by atoms with Crippen molar-refractivity contribution in [3.05, 3.63) is 5.82 Å². The van der Waals surface area contributed by atoms with Crippen LogP contribution in [0.15, 0.2) is 0 Å². The van der Waals surface area contributed by atoms with Gasteiger partial charge in [0, 0.05) is 19.6 Å². The molecule has 1 aliphatic rings. The second-order valence-electron chi connectivity index (χ2n) is 5.38. The van der Waals surface area contributed by atoms with E-state index in [-0.39, 0.29) is 11.6 Å². The van der Waals surface area contributed by atoms with Crippen molar-refractivity contribution in [2.45, 2.75) is 57.1 Å². The fourth-order valence-electron chi connectivity index (χ4n) is 3.02. The predicted octanol–water partition coefficient (Wildman–Crippen LogP) is 1.08. The number of nitrogens with one attached hydrogen (secondary N) is 1. The summed E-state index contributed by atoms with van der Waals surface area (Å²) in [6.07, 6.45) is 6.61. The van der Waals surface area contributed by atoms with Gasteiger partial charge in [-0.1, -0.05) is 19.8 Å². The Labute approximate surface area is 114 Å². The molecule has 0 bridgehead atoms. The highest BCUT2D eigenvalue weighted by molar-refractivity contribution is 5.01. The van der Waals surface area contributed by atoms with Gasteiger partial charge in [0.05, 0.1) is 12.6 Å². The number of nitrogens with zero attached hydrogens (tertiary/aromatic N) is 4. The fourth-order valence-corrected chi connectivity index (χ4v) is 3.02. The molecular weight excluding hydrogens is 242 g/mol. The molecule has 0 amide bonds. The van der Waals surface area contributed by atoms with Gasteiger partial charge in [-0.2, -0.15) is 4.80 Å². The molecule has 2 rings (SSSR count). The maximum atomic E-state index is 5.89. The van der Waals surface area contributed by atoms with E-state index in [2.05, 4.69) is 27.7 Å². The lowest BCUT2D eigenvalue weighted by atomic mass is 9.89. The Balaban J connectivity index is 2.10. The van der Waals surface area contributed by atoms with E-state index in [9.17, 15) is 0 Å². The summed E-state index contributed by atoms with van der Waals surface area (Å²) in [6.45, 7) is 3.18. The van der Waals surface area contributed by atoms with E-state index in [1.54, 1.807) is 7.05 Å². The molecule has 1 aromatic rings. The Kier molecular flexibility index (Phi) is 4.87. The minimum absolute atomic E-state index is 0.0611. The first-order chi connectivity index (χ1) is 9.20. The zero-order valence-electron chi connectivity index (χ0n) is 12.2. The van der Waals surface area contributed by atoms with Crippen LogP contribution in [0, 0.1) is 0 Å². The zero-order chi connectivity index (χ0) is 13.7. The summed E-state index contributed by atoms with van der Waals surface area (Å²) < 4.78 is 5.89. The lowest BCUT2D eigenvalue weighted by Gasteiger charge is -2.36. The molecule has 0 radical (unpaired) electrons. The molecule has 108 valence electrons. The van der Waals surface area contributed by atoms with Crippen LogP contribution in [0.2, 0.25) is 0 Å². The number of aryl methyl sites for hydroxylation is 1. The second kappa shape index (κ2) is 6.43. The largest absolute Gasteiger partial charge is 0.377 e. The first kappa shape index (κ1) is 14.4. The SMILES string of the molecule is CCCNC(Cc1nnn(C)n1)C1(OC)CCCC1. The normalized spacial score (nSPS) is 19.7. The average Bonchev–Trinajstić information content (AvgIpc) is 3.04. The topological polar surface area (TPSA) is 64.9 Å². The van der Waals surface area contributed by atoms with Crippen molar-refractivity contribution in [2.24, 2.45) is 7.05 Å². The summed E-state index contributed by atoms with van der Waals surface area (Å²) in [4.78, 5) is 1.51. The van der Waals surface area contributed by atoms with Crippen LogP contribution in [-0.4, -0.2) is 45.5 Å². The third kappa shape index (κ3) is 3.30. The summed E-state index contributed by atoms with van der Waals surface area (Å²) >= 11 is 0. The lowest BCUT2D eigenvalue weighted by Crippen LogP contribution is -2.52. The summed E-state index contributed by atoms with van der Waals surface area (Å²) in [5.41, 5.74) is -0.0611. The molecular formula is C13H25N5O. The van der Waals surface area contributed by atoms with Crippen molar-refractivity contribution < 1.29 is 4.74 Å². The quantitative estimate of drug-likeness (QED) is 0.801. The van der Waals surface area contributed by atoms with Gasteiger partial charge in [0.2, 0.25) is 0 Å². The Morgan fingerprint density at radius 3 is 2.68 bits per heavy atom. The summed E-state index contributed by atoms with van der Waals surface area (Å²) in [5.74, 6) is 0.791. The summed E-state index contributed by atoms with van der Waals surface area (Å²) in [5, 5.41) is 15.9. The van der Waals surface area contributed by atoms with E-state index < -0.39 is 0 Å². The van der Waals surface area contributed by atoms with Gasteiger partial charge in [-0.3, -0.25) is 0 Å². The molecule has 1 atom stereocenters. The molecule has 0 aromatic carbocycles. The molecule has 6 nitrogen and oxygen atoms in total. The van der Waals surface area contributed by atoms with E-state index in [1.807, 2.05) is 7.11 Å². The Morgan fingerprint density at radius 2 is 2.16 bits per heavy atom. The van der Waals surface area contributed by atoms with Crippen LogP contribution >= 0.6 is 0 Å². The van der Waals surface area contributed by atoms with E-state index in [4.69, 9.17) is 4.74 Å². The molecule has 0 saturated heterocycles. The van der Waals surface area contributed by atoms with Gasteiger partial charge in [0.25, 0.3) is 0 Å². The number of hydrogen-bond donors (Lipinski definition) is 1. The Hall–Kier alpha value is -1.01. The number of aromatic nitrogens is 4. The van der Waals surface area contributed by atoms with Crippen LogP contribution in [0.4, 0.5) is 0 Å². The van der Waals surface area contributed by atoms with Crippen LogP contribution in [0.1, 0.15) is 44.9 Å². The molecule has 0 aliphatic heterocycles. The first-order valence-corrected chi connectivity index (χ1v) is 7.21. The van der Waals surface area contributed by atoms with Gasteiger partial charge >= 0.3 is 0 Å². The fraction of sp³-hybridized carbons (Fsp3) is 0.923. The van der Waals surface area contributed by atoms with Crippen LogP contribution in [0.3, 0.4) is 0 Å². The van der Waals surface area contributed by atoms with Crippen molar-refractivity contribution in [1.29, 1.82) is 0 Å². The highest BCUT2D eigenvalue weighted by Crippen LogP contribution is 2.36. The molecule has 1 heterocycles. The standard InChI is InChI=1S/C13H25N5O/c1-4-9-14-11(10-12-15-17-18(2)16-12)13(19-3)7-5-6-8-13/h11,14H,4-10H2,1-3H3. The molecule has 1 N–H and O–H groups in total. The van der Waals surface area contributed by atoms with Crippen molar-refractivity contribution in [3.63, 3.8) is 0 Å². The maximum Gasteiger partial charge on any atom is 0.176 e. The average molecular weight is 267 g/mol. The molecule has 6 heteroatoms. The second-order valence-corrected chi connectivity index (χ2v) is 5.38. The number of rotatable bonds is 7. The van der Waals surface area contributed by atoms with Gasteiger partial charge in [0.15, 0.2) is 5.82 Å². The van der Waals surface area contributed by atoms with Gasteiger partial charge in [-0.25, -0.2) is 0 Å². The predicted molar refractivity (Wildman–Crippen MR) is 72.8 cm³/mol. The van der Waals surface area contributed by atoms with Gasteiger partial charge in [-0.05, 0) is 31.0 Å². The van der Waals surface area contributed by atoms with Crippen LogP contribution in [-0.2, 0) is 18.2 Å². The minimum Gasteiger partial charge on any atom is -0.377 e. The van der Waals surface area contributed by atoms with E-state index in [0.29, 0.717) is 0 Å². The summed E-state index contributed by atoms with van der Waals surface area (Å²) in [6, 6.07) is 0.268. The highest BCUT2D eigenvalue weighted by atomic mass is 16.5. The molecule has 1 unspecified atom stereocenters. The number of methoxy groups -OCH3 is 1. The molecule has 1 saturated carbocycles. The number of tetrazole rings is 1. The molecule has 0 spiro atoms. The zero-order valence-corrected chi connectivity index (χ0v) is 12.2. The minimum atomic E-state index is -0.0611. The molecule has 1 fully saturated rings. The first-order valence-electron chi connectivity index (χ1n) is 7.21. The van der Waals surface area contributed by atoms with Crippen molar-refractivity contribution >= 4 is 0 Å². The van der Waals surface area contributed by atoms with E-state index in [1.165, 1.54) is 17.6 Å².